The summed E-state index contributed by atoms with van der Waals surface area (Å²) in [5.74, 6) is -2.05. The Bertz CT molecular complexity index is 1120. The zero-order valence-electron chi connectivity index (χ0n) is 17.2. The number of aromatic amines is 1. The number of hydrogen-bond donors (Lipinski definition) is 2. The number of benzene rings is 1. The van der Waals surface area contributed by atoms with Gasteiger partial charge in [-0.2, -0.15) is 10.2 Å². The Hall–Kier alpha value is -3.22. The van der Waals surface area contributed by atoms with Crippen molar-refractivity contribution in [3.63, 3.8) is 0 Å². The number of fused-ring (bicyclic) bond motifs is 1. The van der Waals surface area contributed by atoms with E-state index in [0.717, 1.165) is 11.1 Å². The Labute approximate surface area is 179 Å². The number of aromatic nitrogens is 2. The summed E-state index contributed by atoms with van der Waals surface area (Å²) >= 11 is 0. The Balaban J connectivity index is 1.51. The Morgan fingerprint density at radius 2 is 1.97 bits per heavy atom. The number of carbonyl (C=O) groups excluding carboxylic acids is 1. The highest BCUT2D eigenvalue weighted by atomic mass is 16.7. The van der Waals surface area contributed by atoms with E-state index in [-0.39, 0.29) is 11.4 Å². The molecule has 4 heterocycles. The number of nitrogens with one attached hydrogen (secondary N) is 2. The van der Waals surface area contributed by atoms with Gasteiger partial charge in [0.15, 0.2) is 5.79 Å². The molecule has 0 aliphatic carbocycles. The van der Waals surface area contributed by atoms with Crippen LogP contribution in [0.2, 0.25) is 0 Å². The van der Waals surface area contributed by atoms with Crippen molar-refractivity contribution < 1.29 is 14.3 Å². The van der Waals surface area contributed by atoms with Crippen molar-refractivity contribution in [2.75, 3.05) is 36.5 Å². The molecule has 1 amide bonds. The first-order chi connectivity index (χ1) is 15.0. The molecular formula is C22H23N5O4. The fourth-order valence-corrected chi connectivity index (χ4v) is 4.72. The highest BCUT2D eigenvalue weighted by Crippen LogP contribution is 2.39. The maximum absolute atomic E-state index is 13.2. The lowest BCUT2D eigenvalue weighted by Crippen LogP contribution is -2.46. The molecule has 2 saturated heterocycles. The molecule has 0 radical (unpaired) electrons. The van der Waals surface area contributed by atoms with Gasteiger partial charge in [-0.15, -0.1) is 0 Å². The summed E-state index contributed by atoms with van der Waals surface area (Å²) < 4.78 is 11.5. The first-order valence-corrected chi connectivity index (χ1v) is 10.4. The molecule has 2 unspecified atom stereocenters. The number of aryl methyl sites for hydroxylation is 1. The maximum Gasteiger partial charge on any atom is 0.258 e. The minimum atomic E-state index is -1.01. The zero-order chi connectivity index (χ0) is 21.6. The van der Waals surface area contributed by atoms with E-state index in [1.807, 2.05) is 36.1 Å². The van der Waals surface area contributed by atoms with Gasteiger partial charge >= 0.3 is 0 Å². The topological polar surface area (TPSA) is 120 Å². The third-order valence-electron chi connectivity index (χ3n) is 6.29. The van der Waals surface area contributed by atoms with Gasteiger partial charge in [0.2, 0.25) is 11.9 Å². The quantitative estimate of drug-likeness (QED) is 0.756. The summed E-state index contributed by atoms with van der Waals surface area (Å²) in [6, 6.07) is 9.59. The van der Waals surface area contributed by atoms with Crippen molar-refractivity contribution in [2.24, 2.45) is 5.92 Å². The number of rotatable bonds is 2. The van der Waals surface area contributed by atoms with E-state index in [1.165, 1.54) is 0 Å². The molecule has 2 aromatic rings. The van der Waals surface area contributed by atoms with Crippen LogP contribution in [0.25, 0.3) is 0 Å². The average Bonchev–Trinajstić information content (AvgIpc) is 3.21. The number of amides is 1. The van der Waals surface area contributed by atoms with Gasteiger partial charge in [0.05, 0.1) is 24.8 Å². The van der Waals surface area contributed by atoms with Gasteiger partial charge in [-0.1, -0.05) is 29.8 Å². The molecule has 31 heavy (non-hydrogen) atoms. The van der Waals surface area contributed by atoms with E-state index in [0.29, 0.717) is 50.7 Å². The first-order valence-electron chi connectivity index (χ1n) is 10.4. The summed E-state index contributed by atoms with van der Waals surface area (Å²) in [6.07, 6.45) is 1.34. The second-order valence-electron chi connectivity index (χ2n) is 8.23. The summed E-state index contributed by atoms with van der Waals surface area (Å²) in [5.41, 5.74) is 1.70. The molecule has 2 fully saturated rings. The van der Waals surface area contributed by atoms with Crippen LogP contribution in [0.3, 0.4) is 0 Å². The molecule has 9 nitrogen and oxygen atoms in total. The van der Waals surface area contributed by atoms with Crippen molar-refractivity contribution >= 4 is 17.7 Å². The maximum atomic E-state index is 13.2. The molecule has 0 bridgehead atoms. The standard InChI is InChI=1S/C22H23N5O4/c1-13-3-2-4-14(11-13)16-15(12-23)19(28)24-18-17(16)20(29)26-21(25-18)27-7-5-22(6-8-27)30-9-10-31-22/h2-4,11,15-16H,5-10H2,1H3,(H2,24,25,26,28,29). The Morgan fingerprint density at radius 1 is 1.23 bits per heavy atom. The lowest BCUT2D eigenvalue weighted by atomic mass is 9.79. The minimum absolute atomic E-state index is 0.218. The SMILES string of the molecule is Cc1cccc(C2c3c(nc(N4CCC5(CC4)OCCO5)[nH]c3=O)NC(=O)C2C#N)c1. The van der Waals surface area contributed by atoms with Crippen LogP contribution in [-0.4, -0.2) is 48.0 Å². The summed E-state index contributed by atoms with van der Waals surface area (Å²) in [5, 5.41) is 12.3. The fourth-order valence-electron chi connectivity index (χ4n) is 4.72. The van der Waals surface area contributed by atoms with E-state index in [9.17, 15) is 14.9 Å². The molecule has 3 aliphatic heterocycles. The highest BCUT2D eigenvalue weighted by molar-refractivity contribution is 5.98. The molecule has 160 valence electrons. The number of ether oxygens (including phenoxy) is 2. The van der Waals surface area contributed by atoms with E-state index in [4.69, 9.17) is 9.47 Å². The predicted octanol–water partition coefficient (Wildman–Crippen LogP) is 1.65. The molecule has 1 spiro atoms. The molecule has 2 N–H and O–H groups in total. The zero-order valence-corrected chi connectivity index (χ0v) is 17.2. The molecule has 9 heteroatoms. The summed E-state index contributed by atoms with van der Waals surface area (Å²) in [6.45, 7) is 4.34. The third-order valence-corrected chi connectivity index (χ3v) is 6.29. The van der Waals surface area contributed by atoms with Gasteiger partial charge in [-0.05, 0) is 12.5 Å². The Morgan fingerprint density at radius 3 is 2.65 bits per heavy atom. The molecule has 2 atom stereocenters. The van der Waals surface area contributed by atoms with Crippen molar-refractivity contribution in [3.8, 4) is 6.07 Å². The number of hydrogen-bond acceptors (Lipinski definition) is 7. The van der Waals surface area contributed by atoms with E-state index in [2.05, 4.69) is 21.4 Å². The van der Waals surface area contributed by atoms with Crippen LogP contribution in [-0.2, 0) is 14.3 Å². The molecule has 1 aromatic heterocycles. The van der Waals surface area contributed by atoms with E-state index >= 15 is 0 Å². The van der Waals surface area contributed by atoms with Crippen LogP contribution >= 0.6 is 0 Å². The molecule has 3 aliphatic rings. The second-order valence-corrected chi connectivity index (χ2v) is 8.23. The number of anilines is 2. The minimum Gasteiger partial charge on any atom is -0.347 e. The van der Waals surface area contributed by atoms with Gasteiger partial charge < -0.3 is 19.7 Å². The van der Waals surface area contributed by atoms with Crippen LogP contribution in [0.5, 0.6) is 0 Å². The number of carbonyl (C=O) groups is 1. The highest BCUT2D eigenvalue weighted by Gasteiger charge is 2.42. The Kier molecular flexibility index (Phi) is 4.76. The smallest absolute Gasteiger partial charge is 0.258 e. The van der Waals surface area contributed by atoms with Gasteiger partial charge in [0, 0.05) is 31.8 Å². The van der Waals surface area contributed by atoms with Crippen LogP contribution in [0, 0.1) is 24.2 Å². The number of nitrogens with zero attached hydrogens (tertiary/aromatic N) is 3. The third kappa shape index (κ3) is 3.38. The van der Waals surface area contributed by atoms with Crippen LogP contribution < -0.4 is 15.8 Å². The number of piperidine rings is 1. The van der Waals surface area contributed by atoms with Crippen LogP contribution in [0.1, 0.15) is 35.4 Å². The lowest BCUT2D eigenvalue weighted by molar-refractivity contribution is -0.169. The van der Waals surface area contributed by atoms with Crippen molar-refractivity contribution in [2.45, 2.75) is 31.5 Å². The van der Waals surface area contributed by atoms with Gasteiger partial charge in [0.25, 0.3) is 5.56 Å². The fraction of sp³-hybridized carbons (Fsp3) is 0.455. The predicted molar refractivity (Wildman–Crippen MR) is 112 cm³/mol. The monoisotopic (exact) mass is 421 g/mol. The summed E-state index contributed by atoms with van der Waals surface area (Å²) in [7, 11) is 0. The van der Waals surface area contributed by atoms with E-state index < -0.39 is 23.5 Å². The average molecular weight is 421 g/mol. The molecule has 1 aromatic carbocycles. The van der Waals surface area contributed by atoms with Gasteiger partial charge in [-0.3, -0.25) is 14.6 Å². The van der Waals surface area contributed by atoms with Crippen molar-refractivity contribution in [1.29, 1.82) is 5.26 Å². The number of nitriles is 1. The molecule has 0 saturated carbocycles. The molecular weight excluding hydrogens is 398 g/mol. The van der Waals surface area contributed by atoms with Crippen LogP contribution in [0.15, 0.2) is 29.1 Å². The normalized spacial score (nSPS) is 24.5. The molecule has 5 rings (SSSR count). The van der Waals surface area contributed by atoms with Crippen LogP contribution in [0.4, 0.5) is 11.8 Å². The number of H-pyrrole nitrogens is 1. The largest absolute Gasteiger partial charge is 0.347 e. The van der Waals surface area contributed by atoms with Crippen molar-refractivity contribution in [1.82, 2.24) is 9.97 Å². The van der Waals surface area contributed by atoms with Gasteiger partial charge in [0.1, 0.15) is 11.7 Å². The lowest BCUT2D eigenvalue weighted by Gasteiger charge is -2.38. The summed E-state index contributed by atoms with van der Waals surface area (Å²) in [4.78, 5) is 35.3. The first kappa shape index (κ1) is 19.7. The van der Waals surface area contributed by atoms with Crippen molar-refractivity contribution in [3.05, 3.63) is 51.3 Å². The second kappa shape index (κ2) is 7.48. The van der Waals surface area contributed by atoms with Gasteiger partial charge in [-0.25, -0.2) is 0 Å². The van der Waals surface area contributed by atoms with E-state index in [1.54, 1.807) is 0 Å².